The third-order valence-corrected chi connectivity index (χ3v) is 4.77. The Kier molecular flexibility index (Phi) is 4.43. The van der Waals surface area contributed by atoms with Crippen molar-refractivity contribution in [3.63, 3.8) is 0 Å². The van der Waals surface area contributed by atoms with Gasteiger partial charge < -0.3 is 0 Å². The fourth-order valence-corrected chi connectivity index (χ4v) is 3.39. The quantitative estimate of drug-likeness (QED) is 0.852. The topological polar surface area (TPSA) is 69.7 Å². The van der Waals surface area contributed by atoms with Gasteiger partial charge in [0.05, 0.1) is 0 Å². The number of nitrogens with one attached hydrogen (secondary N) is 1. The molecular weight excluding hydrogens is 294 g/mol. The third kappa shape index (κ3) is 3.27. The van der Waals surface area contributed by atoms with Crippen molar-refractivity contribution >= 4 is 17.8 Å². The first-order chi connectivity index (χ1) is 11.1. The van der Waals surface area contributed by atoms with Gasteiger partial charge in [0.1, 0.15) is 5.92 Å². The lowest BCUT2D eigenvalue weighted by atomic mass is 9.82. The summed E-state index contributed by atoms with van der Waals surface area (Å²) in [6.45, 7) is 2.60. The number of carbonyl (C=O) groups is 3. The minimum absolute atomic E-state index is 0.00470. The number of carbonyl (C=O) groups excluding carboxylic acids is 3. The molecule has 2 aliphatic rings. The third-order valence-electron chi connectivity index (χ3n) is 4.77. The number of imide groups is 2. The zero-order valence-electron chi connectivity index (χ0n) is 13.2. The summed E-state index contributed by atoms with van der Waals surface area (Å²) < 4.78 is 0. The van der Waals surface area contributed by atoms with Crippen LogP contribution in [0.3, 0.4) is 0 Å². The molecule has 1 N–H and O–H groups in total. The SMILES string of the molecule is CN1C(=O)NC(=O)[C@H](C2CCN(Cc3ccccc3)CC2)C1=O. The van der Waals surface area contributed by atoms with Crippen LogP contribution in [0.15, 0.2) is 30.3 Å². The van der Waals surface area contributed by atoms with Gasteiger partial charge in [0, 0.05) is 13.6 Å². The number of hydrogen-bond donors (Lipinski definition) is 1. The van der Waals surface area contributed by atoms with Gasteiger partial charge in [-0.05, 0) is 37.4 Å². The maximum absolute atomic E-state index is 12.2. The molecule has 0 spiro atoms. The monoisotopic (exact) mass is 315 g/mol. The smallest absolute Gasteiger partial charge is 0.299 e. The molecule has 1 atom stereocenters. The highest BCUT2D eigenvalue weighted by atomic mass is 16.2. The number of nitrogens with zero attached hydrogens (tertiary/aromatic N) is 2. The lowest BCUT2D eigenvalue weighted by Crippen LogP contribution is -2.59. The summed E-state index contributed by atoms with van der Waals surface area (Å²) in [4.78, 5) is 39.1. The zero-order valence-corrected chi connectivity index (χ0v) is 13.2. The second kappa shape index (κ2) is 6.50. The number of piperidine rings is 1. The normalized spacial score (nSPS) is 24.0. The van der Waals surface area contributed by atoms with Crippen LogP contribution in [0, 0.1) is 11.8 Å². The highest BCUT2D eigenvalue weighted by molar-refractivity contribution is 6.16. The summed E-state index contributed by atoms with van der Waals surface area (Å²) in [6, 6.07) is 9.63. The summed E-state index contributed by atoms with van der Waals surface area (Å²) in [5, 5.41) is 2.27. The standard InChI is InChI=1S/C17H21N3O3/c1-19-16(22)14(15(21)18-17(19)23)13-7-9-20(10-8-13)11-12-5-3-2-4-6-12/h2-6,13-14H,7-11H2,1H3,(H,18,21,23)/t14-/m0/s1. The van der Waals surface area contributed by atoms with Gasteiger partial charge in [-0.25, -0.2) is 4.79 Å². The van der Waals surface area contributed by atoms with E-state index in [1.165, 1.54) is 12.6 Å². The van der Waals surface area contributed by atoms with Crippen LogP contribution in [-0.2, 0) is 16.1 Å². The fourth-order valence-electron chi connectivity index (χ4n) is 3.39. The van der Waals surface area contributed by atoms with Crippen LogP contribution in [0.2, 0.25) is 0 Å². The van der Waals surface area contributed by atoms with E-state index in [2.05, 4.69) is 22.3 Å². The molecule has 2 fully saturated rings. The van der Waals surface area contributed by atoms with E-state index in [0.717, 1.165) is 37.4 Å². The zero-order chi connectivity index (χ0) is 16.4. The maximum atomic E-state index is 12.2. The average molecular weight is 315 g/mol. The van der Waals surface area contributed by atoms with Crippen LogP contribution in [-0.4, -0.2) is 47.8 Å². The number of amides is 4. The fraction of sp³-hybridized carbons (Fsp3) is 0.471. The lowest BCUT2D eigenvalue weighted by molar-refractivity contribution is -0.145. The molecule has 23 heavy (non-hydrogen) atoms. The molecule has 0 bridgehead atoms. The Bertz CT molecular complexity index is 609. The summed E-state index contributed by atoms with van der Waals surface area (Å²) in [5.74, 6) is -1.54. The van der Waals surface area contributed by atoms with E-state index in [1.807, 2.05) is 18.2 Å². The molecule has 6 nitrogen and oxygen atoms in total. The minimum atomic E-state index is -0.725. The van der Waals surface area contributed by atoms with Crippen molar-refractivity contribution in [2.45, 2.75) is 19.4 Å². The molecule has 2 saturated heterocycles. The van der Waals surface area contributed by atoms with E-state index in [9.17, 15) is 14.4 Å². The van der Waals surface area contributed by atoms with Gasteiger partial charge in [0.15, 0.2) is 0 Å². The first kappa shape index (κ1) is 15.7. The summed E-state index contributed by atoms with van der Waals surface area (Å²) in [7, 11) is 1.42. The van der Waals surface area contributed by atoms with Gasteiger partial charge in [0.25, 0.3) is 0 Å². The molecule has 2 aliphatic heterocycles. The molecule has 2 heterocycles. The predicted molar refractivity (Wildman–Crippen MR) is 84.2 cm³/mol. The first-order valence-electron chi connectivity index (χ1n) is 7.95. The molecule has 0 aromatic heterocycles. The van der Waals surface area contributed by atoms with Gasteiger partial charge in [0.2, 0.25) is 11.8 Å². The molecule has 6 heteroatoms. The van der Waals surface area contributed by atoms with Crippen molar-refractivity contribution in [2.24, 2.45) is 11.8 Å². The highest BCUT2D eigenvalue weighted by Gasteiger charge is 2.43. The number of rotatable bonds is 3. The molecule has 0 aliphatic carbocycles. The van der Waals surface area contributed by atoms with Crippen molar-refractivity contribution < 1.29 is 14.4 Å². The number of hydrogen-bond acceptors (Lipinski definition) is 4. The van der Waals surface area contributed by atoms with Gasteiger partial charge in [-0.3, -0.25) is 24.7 Å². The van der Waals surface area contributed by atoms with Gasteiger partial charge >= 0.3 is 6.03 Å². The summed E-state index contributed by atoms with van der Waals surface area (Å²) >= 11 is 0. The average Bonchev–Trinajstić information content (AvgIpc) is 2.55. The van der Waals surface area contributed by atoms with Gasteiger partial charge in [-0.2, -0.15) is 0 Å². The molecule has 0 saturated carbocycles. The second-order valence-corrected chi connectivity index (χ2v) is 6.27. The molecule has 1 aromatic rings. The van der Waals surface area contributed by atoms with Crippen LogP contribution in [0.4, 0.5) is 4.79 Å². The van der Waals surface area contributed by atoms with Crippen molar-refractivity contribution in [1.82, 2.24) is 15.1 Å². The number of benzene rings is 1. The molecular formula is C17H21N3O3. The largest absolute Gasteiger partial charge is 0.330 e. The number of barbiturate groups is 1. The van der Waals surface area contributed by atoms with Crippen LogP contribution in [0.1, 0.15) is 18.4 Å². The predicted octanol–water partition coefficient (Wildman–Crippen LogP) is 1.22. The van der Waals surface area contributed by atoms with Crippen molar-refractivity contribution in [1.29, 1.82) is 0 Å². The van der Waals surface area contributed by atoms with Crippen LogP contribution >= 0.6 is 0 Å². The Morgan fingerprint density at radius 3 is 2.39 bits per heavy atom. The van der Waals surface area contributed by atoms with Crippen LogP contribution in [0.25, 0.3) is 0 Å². The Morgan fingerprint density at radius 1 is 1.09 bits per heavy atom. The highest BCUT2D eigenvalue weighted by Crippen LogP contribution is 2.29. The Morgan fingerprint density at radius 2 is 1.74 bits per heavy atom. The molecule has 122 valence electrons. The van der Waals surface area contributed by atoms with Gasteiger partial charge in [-0.1, -0.05) is 30.3 Å². The van der Waals surface area contributed by atoms with E-state index in [1.54, 1.807) is 0 Å². The molecule has 0 unspecified atom stereocenters. The second-order valence-electron chi connectivity index (χ2n) is 6.27. The minimum Gasteiger partial charge on any atom is -0.299 e. The number of likely N-dealkylation sites (tertiary alicyclic amines) is 1. The molecule has 1 aromatic carbocycles. The summed E-state index contributed by atoms with van der Waals surface area (Å²) in [6.07, 6.45) is 1.58. The summed E-state index contributed by atoms with van der Waals surface area (Å²) in [5.41, 5.74) is 1.27. The lowest BCUT2D eigenvalue weighted by Gasteiger charge is -2.37. The first-order valence-corrected chi connectivity index (χ1v) is 7.95. The van der Waals surface area contributed by atoms with E-state index in [0.29, 0.717) is 0 Å². The van der Waals surface area contributed by atoms with Crippen molar-refractivity contribution in [3.05, 3.63) is 35.9 Å². The van der Waals surface area contributed by atoms with Crippen molar-refractivity contribution in [3.8, 4) is 0 Å². The maximum Gasteiger partial charge on any atom is 0.330 e. The molecule has 3 rings (SSSR count). The van der Waals surface area contributed by atoms with E-state index >= 15 is 0 Å². The number of urea groups is 1. The van der Waals surface area contributed by atoms with E-state index in [-0.39, 0.29) is 11.8 Å². The van der Waals surface area contributed by atoms with Crippen LogP contribution in [0.5, 0.6) is 0 Å². The van der Waals surface area contributed by atoms with Gasteiger partial charge in [-0.15, -0.1) is 0 Å². The van der Waals surface area contributed by atoms with E-state index < -0.39 is 17.9 Å². The Balaban J connectivity index is 1.59. The van der Waals surface area contributed by atoms with Crippen LogP contribution < -0.4 is 5.32 Å². The Labute approximate surface area is 135 Å². The molecule has 0 radical (unpaired) electrons. The van der Waals surface area contributed by atoms with E-state index in [4.69, 9.17) is 0 Å². The molecule has 4 amide bonds. The Hall–Kier alpha value is -2.21. The van der Waals surface area contributed by atoms with Crippen molar-refractivity contribution in [2.75, 3.05) is 20.1 Å².